The molecule has 1 unspecified atom stereocenters. The number of methoxy groups -OCH3 is 2. The van der Waals surface area contributed by atoms with Crippen LogP contribution in [0.3, 0.4) is 0 Å². The van der Waals surface area contributed by atoms with Gasteiger partial charge in [0.2, 0.25) is 11.8 Å². The Kier molecular flexibility index (Phi) is 9.75. The van der Waals surface area contributed by atoms with Gasteiger partial charge in [0.05, 0.1) is 24.8 Å². The Morgan fingerprint density at radius 2 is 1.52 bits per heavy atom. The van der Waals surface area contributed by atoms with Crippen molar-refractivity contribution in [1.29, 1.82) is 0 Å². The van der Waals surface area contributed by atoms with E-state index in [9.17, 15) is 22.4 Å². The first kappa shape index (κ1) is 30.4. The summed E-state index contributed by atoms with van der Waals surface area (Å²) in [5.74, 6) is -0.940. The third-order valence-corrected chi connectivity index (χ3v) is 8.17. The van der Waals surface area contributed by atoms with Crippen molar-refractivity contribution < 1.29 is 31.9 Å². The fraction of sp³-hybridized carbons (Fsp3) is 0.310. The maximum absolute atomic E-state index is 14.1. The Hall–Kier alpha value is -4.12. The molecule has 0 aliphatic carbocycles. The molecule has 0 radical (unpaired) electrons. The second-order valence-electron chi connectivity index (χ2n) is 9.31. The number of nitrogens with one attached hydrogen (secondary N) is 1. The molecule has 11 heteroatoms. The standard InChI is InChI=1S/C29H34FN3O6S/c1-19-13-20(2)15-24(14-19)33(40(36,37)25-11-12-26(38-5)27(16-25)39-6)18-28(34)32(21(3)29(35)31-4)17-22-7-9-23(30)10-8-22/h7-16,21H,17-18H2,1-6H3,(H,31,35). The van der Waals surface area contributed by atoms with Crippen LogP contribution in [0.2, 0.25) is 0 Å². The molecule has 214 valence electrons. The number of sulfonamides is 1. The molecule has 0 aromatic heterocycles. The van der Waals surface area contributed by atoms with Gasteiger partial charge in [0.15, 0.2) is 11.5 Å². The summed E-state index contributed by atoms with van der Waals surface area (Å²) >= 11 is 0. The van der Waals surface area contributed by atoms with Crippen LogP contribution in [0, 0.1) is 19.7 Å². The zero-order valence-corrected chi connectivity index (χ0v) is 24.2. The van der Waals surface area contributed by atoms with Gasteiger partial charge in [-0.25, -0.2) is 12.8 Å². The van der Waals surface area contributed by atoms with E-state index in [0.29, 0.717) is 11.3 Å². The Morgan fingerprint density at radius 3 is 2.08 bits per heavy atom. The van der Waals surface area contributed by atoms with E-state index in [1.54, 1.807) is 19.1 Å². The van der Waals surface area contributed by atoms with Crippen molar-refractivity contribution in [1.82, 2.24) is 10.2 Å². The molecule has 40 heavy (non-hydrogen) atoms. The van der Waals surface area contributed by atoms with Gasteiger partial charge in [-0.3, -0.25) is 13.9 Å². The molecule has 2 amide bonds. The average Bonchev–Trinajstić information content (AvgIpc) is 2.93. The second-order valence-corrected chi connectivity index (χ2v) is 11.2. The van der Waals surface area contributed by atoms with E-state index in [-0.39, 0.29) is 22.9 Å². The number of halogens is 1. The van der Waals surface area contributed by atoms with Crippen molar-refractivity contribution in [2.75, 3.05) is 32.1 Å². The molecule has 0 fully saturated rings. The van der Waals surface area contributed by atoms with Crippen LogP contribution >= 0.6 is 0 Å². The topological polar surface area (TPSA) is 105 Å². The maximum Gasteiger partial charge on any atom is 0.264 e. The van der Waals surface area contributed by atoms with Gasteiger partial charge in [-0.2, -0.15) is 0 Å². The number of hydrogen-bond donors (Lipinski definition) is 1. The molecular formula is C29H34FN3O6S. The highest BCUT2D eigenvalue weighted by Crippen LogP contribution is 2.33. The summed E-state index contributed by atoms with van der Waals surface area (Å²) in [6.45, 7) is 4.57. The van der Waals surface area contributed by atoms with E-state index in [1.165, 1.54) is 68.6 Å². The minimum atomic E-state index is -4.30. The van der Waals surface area contributed by atoms with Crippen LogP contribution in [-0.2, 0) is 26.2 Å². The first-order valence-electron chi connectivity index (χ1n) is 12.5. The Labute approximate surface area is 234 Å². The monoisotopic (exact) mass is 571 g/mol. The van der Waals surface area contributed by atoms with E-state index in [1.807, 2.05) is 19.9 Å². The van der Waals surface area contributed by atoms with Crippen molar-refractivity contribution in [2.45, 2.75) is 38.3 Å². The summed E-state index contributed by atoms with van der Waals surface area (Å²) in [7, 11) is -0.0204. The largest absolute Gasteiger partial charge is 0.493 e. The lowest BCUT2D eigenvalue weighted by Gasteiger charge is -2.32. The van der Waals surface area contributed by atoms with Gasteiger partial charge < -0.3 is 19.7 Å². The Bertz CT molecular complexity index is 1460. The number of carbonyl (C=O) groups excluding carboxylic acids is 2. The number of ether oxygens (including phenoxy) is 2. The van der Waals surface area contributed by atoms with Gasteiger partial charge in [-0.05, 0) is 73.9 Å². The van der Waals surface area contributed by atoms with E-state index in [2.05, 4.69) is 5.32 Å². The smallest absolute Gasteiger partial charge is 0.264 e. The van der Waals surface area contributed by atoms with Crippen LogP contribution in [0.1, 0.15) is 23.6 Å². The third kappa shape index (κ3) is 6.90. The summed E-state index contributed by atoms with van der Waals surface area (Å²) in [6.07, 6.45) is 0. The van der Waals surface area contributed by atoms with Crippen molar-refractivity contribution in [3.63, 3.8) is 0 Å². The minimum absolute atomic E-state index is 0.0369. The highest BCUT2D eigenvalue weighted by atomic mass is 32.2. The summed E-state index contributed by atoms with van der Waals surface area (Å²) in [5.41, 5.74) is 2.47. The molecule has 0 aliphatic rings. The quantitative estimate of drug-likeness (QED) is 0.375. The minimum Gasteiger partial charge on any atom is -0.493 e. The van der Waals surface area contributed by atoms with Crippen LogP contribution in [0.4, 0.5) is 10.1 Å². The van der Waals surface area contributed by atoms with E-state index >= 15 is 0 Å². The number of nitrogens with zero attached hydrogens (tertiary/aromatic N) is 2. The van der Waals surface area contributed by atoms with Crippen LogP contribution in [0.5, 0.6) is 11.5 Å². The van der Waals surface area contributed by atoms with Crippen molar-refractivity contribution in [3.8, 4) is 11.5 Å². The lowest BCUT2D eigenvalue weighted by Crippen LogP contribution is -2.50. The molecule has 0 aliphatic heterocycles. The molecule has 3 aromatic rings. The number of amides is 2. The van der Waals surface area contributed by atoms with Crippen molar-refractivity contribution in [3.05, 3.63) is 83.2 Å². The molecule has 1 atom stereocenters. The number of likely N-dealkylation sites (N-methyl/N-ethyl adjacent to an activating group) is 1. The molecule has 0 spiro atoms. The van der Waals surface area contributed by atoms with Gasteiger partial charge in [-0.1, -0.05) is 18.2 Å². The number of anilines is 1. The third-order valence-electron chi connectivity index (χ3n) is 6.40. The fourth-order valence-corrected chi connectivity index (χ4v) is 5.72. The Balaban J connectivity index is 2.10. The van der Waals surface area contributed by atoms with Crippen LogP contribution < -0.4 is 19.1 Å². The summed E-state index contributed by atoms with van der Waals surface area (Å²) in [5, 5.41) is 2.52. The molecule has 1 N–H and O–H groups in total. The number of hydrogen-bond acceptors (Lipinski definition) is 6. The van der Waals surface area contributed by atoms with E-state index < -0.39 is 40.2 Å². The Morgan fingerprint density at radius 1 is 0.925 bits per heavy atom. The van der Waals surface area contributed by atoms with Gasteiger partial charge in [0, 0.05) is 19.7 Å². The SMILES string of the molecule is CNC(=O)C(C)N(Cc1ccc(F)cc1)C(=O)CN(c1cc(C)cc(C)c1)S(=O)(=O)c1ccc(OC)c(OC)c1. The molecule has 0 heterocycles. The van der Waals surface area contributed by atoms with Gasteiger partial charge in [0.25, 0.3) is 10.0 Å². The lowest BCUT2D eigenvalue weighted by molar-refractivity contribution is -0.139. The zero-order valence-electron chi connectivity index (χ0n) is 23.4. The second kappa shape index (κ2) is 12.8. The number of rotatable bonds is 11. The van der Waals surface area contributed by atoms with Crippen LogP contribution in [0.25, 0.3) is 0 Å². The van der Waals surface area contributed by atoms with Crippen molar-refractivity contribution >= 4 is 27.5 Å². The molecule has 0 saturated carbocycles. The first-order valence-corrected chi connectivity index (χ1v) is 13.9. The lowest BCUT2D eigenvalue weighted by atomic mass is 10.1. The number of aryl methyl sites for hydroxylation is 2. The highest BCUT2D eigenvalue weighted by molar-refractivity contribution is 7.92. The van der Waals surface area contributed by atoms with Crippen LogP contribution in [-0.4, -0.2) is 59.0 Å². The molecule has 0 bridgehead atoms. The molecule has 9 nitrogen and oxygen atoms in total. The summed E-state index contributed by atoms with van der Waals surface area (Å²) in [6, 6.07) is 14.0. The predicted molar refractivity (Wildman–Crippen MR) is 150 cm³/mol. The van der Waals surface area contributed by atoms with Crippen molar-refractivity contribution in [2.24, 2.45) is 0 Å². The molecular weight excluding hydrogens is 537 g/mol. The fourth-order valence-electron chi connectivity index (χ4n) is 4.31. The molecule has 3 aromatic carbocycles. The van der Waals surface area contributed by atoms with Gasteiger partial charge in [0.1, 0.15) is 18.4 Å². The summed E-state index contributed by atoms with van der Waals surface area (Å²) < 4.78 is 53.2. The average molecular weight is 572 g/mol. The normalized spacial score (nSPS) is 11.9. The van der Waals surface area contributed by atoms with E-state index in [0.717, 1.165) is 15.4 Å². The number of benzene rings is 3. The zero-order chi connectivity index (χ0) is 29.6. The van der Waals surface area contributed by atoms with Gasteiger partial charge in [-0.15, -0.1) is 0 Å². The molecule has 0 saturated heterocycles. The van der Waals surface area contributed by atoms with Gasteiger partial charge >= 0.3 is 0 Å². The maximum atomic E-state index is 14.1. The van der Waals surface area contributed by atoms with Crippen LogP contribution in [0.15, 0.2) is 65.6 Å². The first-order chi connectivity index (χ1) is 18.9. The molecule has 3 rings (SSSR count). The summed E-state index contributed by atoms with van der Waals surface area (Å²) in [4.78, 5) is 27.6. The van der Waals surface area contributed by atoms with E-state index in [4.69, 9.17) is 9.47 Å². The number of carbonyl (C=O) groups is 2. The highest BCUT2D eigenvalue weighted by Gasteiger charge is 2.33. The predicted octanol–water partition coefficient (Wildman–Crippen LogP) is 3.82.